The van der Waals surface area contributed by atoms with Crippen molar-refractivity contribution in [3.8, 4) is 0 Å². The Morgan fingerprint density at radius 3 is 2.72 bits per heavy atom. The van der Waals surface area contributed by atoms with Crippen molar-refractivity contribution < 1.29 is 9.53 Å². The third-order valence-electron chi connectivity index (χ3n) is 4.51. The zero-order chi connectivity index (χ0) is 18.8. The van der Waals surface area contributed by atoms with Gasteiger partial charge >= 0.3 is 6.09 Å². The standard InChI is InChI=1S/C19H28BrClN2O2/c1-12(15-9-8-14(20)11-16(15)21)22-17-7-6-10-23(13(17)2)18(24)25-19(3,4)5/h8-9,11-13,17,22H,6-7,10H2,1-5H3. The summed E-state index contributed by atoms with van der Waals surface area (Å²) in [5.74, 6) is 0. The highest BCUT2D eigenvalue weighted by atomic mass is 79.9. The number of carbonyl (C=O) groups is 1. The summed E-state index contributed by atoms with van der Waals surface area (Å²) in [6.07, 6.45) is 1.75. The number of likely N-dealkylation sites (tertiary alicyclic amines) is 1. The van der Waals surface area contributed by atoms with Crippen LogP contribution in [-0.2, 0) is 4.74 Å². The Balaban J connectivity index is 2.05. The van der Waals surface area contributed by atoms with Crippen molar-refractivity contribution >= 4 is 33.6 Å². The van der Waals surface area contributed by atoms with E-state index in [1.165, 1.54) is 0 Å². The van der Waals surface area contributed by atoms with Crippen LogP contribution in [0.1, 0.15) is 59.1 Å². The molecule has 1 heterocycles. The summed E-state index contributed by atoms with van der Waals surface area (Å²) in [4.78, 5) is 14.3. The number of nitrogens with zero attached hydrogens (tertiary/aromatic N) is 1. The molecule has 140 valence electrons. The lowest BCUT2D eigenvalue weighted by Crippen LogP contribution is -2.55. The number of benzene rings is 1. The second-order valence-electron chi connectivity index (χ2n) is 7.72. The minimum absolute atomic E-state index is 0.0697. The average molecular weight is 432 g/mol. The van der Waals surface area contributed by atoms with Gasteiger partial charge in [-0.2, -0.15) is 0 Å². The first-order valence-corrected chi connectivity index (χ1v) is 9.96. The van der Waals surface area contributed by atoms with E-state index in [9.17, 15) is 4.79 Å². The Morgan fingerprint density at radius 1 is 1.44 bits per heavy atom. The van der Waals surface area contributed by atoms with Crippen LogP contribution in [0, 0.1) is 0 Å². The van der Waals surface area contributed by atoms with Crippen LogP contribution in [0.15, 0.2) is 22.7 Å². The fraction of sp³-hybridized carbons (Fsp3) is 0.632. The van der Waals surface area contributed by atoms with Crippen LogP contribution in [0.2, 0.25) is 5.02 Å². The van der Waals surface area contributed by atoms with E-state index in [0.717, 1.165) is 34.4 Å². The van der Waals surface area contributed by atoms with Gasteiger partial charge in [-0.1, -0.05) is 33.6 Å². The SMILES string of the molecule is CC(NC1CCCN(C(=O)OC(C)(C)C)C1C)c1ccc(Br)cc1Cl. The Hall–Kier alpha value is -0.780. The molecule has 0 aromatic heterocycles. The molecular weight excluding hydrogens is 404 g/mol. The van der Waals surface area contributed by atoms with Crippen LogP contribution in [-0.4, -0.2) is 35.2 Å². The number of hydrogen-bond acceptors (Lipinski definition) is 3. The predicted octanol–water partition coefficient (Wildman–Crippen LogP) is 5.54. The van der Waals surface area contributed by atoms with E-state index in [-0.39, 0.29) is 24.2 Å². The van der Waals surface area contributed by atoms with E-state index in [1.807, 2.05) is 43.9 Å². The summed E-state index contributed by atoms with van der Waals surface area (Å²) < 4.78 is 6.52. The maximum atomic E-state index is 12.5. The second kappa shape index (κ2) is 8.28. The van der Waals surface area contributed by atoms with Gasteiger partial charge in [0.15, 0.2) is 0 Å². The molecule has 0 spiro atoms. The molecule has 25 heavy (non-hydrogen) atoms. The number of hydrogen-bond donors (Lipinski definition) is 1. The molecule has 0 saturated carbocycles. The molecule has 1 aliphatic rings. The summed E-state index contributed by atoms with van der Waals surface area (Å²) in [6, 6.07) is 6.31. The molecule has 1 N–H and O–H groups in total. The zero-order valence-electron chi connectivity index (χ0n) is 15.6. The smallest absolute Gasteiger partial charge is 0.410 e. The molecule has 2 rings (SSSR count). The second-order valence-corrected chi connectivity index (χ2v) is 9.04. The van der Waals surface area contributed by atoms with Gasteiger partial charge in [0.25, 0.3) is 0 Å². The number of amides is 1. The molecule has 3 unspecified atom stereocenters. The summed E-state index contributed by atoms with van der Waals surface area (Å²) in [5.41, 5.74) is 0.585. The molecule has 1 aromatic rings. The number of halogens is 2. The highest BCUT2D eigenvalue weighted by molar-refractivity contribution is 9.10. The third-order valence-corrected chi connectivity index (χ3v) is 5.33. The van der Waals surface area contributed by atoms with E-state index >= 15 is 0 Å². The molecule has 1 amide bonds. The molecule has 4 nitrogen and oxygen atoms in total. The van der Waals surface area contributed by atoms with Gasteiger partial charge in [-0.05, 0) is 65.2 Å². The van der Waals surface area contributed by atoms with Crippen LogP contribution >= 0.6 is 27.5 Å². The van der Waals surface area contributed by atoms with E-state index in [4.69, 9.17) is 16.3 Å². The first kappa shape index (κ1) is 20.5. The predicted molar refractivity (Wildman–Crippen MR) is 106 cm³/mol. The normalized spacial score (nSPS) is 22.6. The Kier molecular flexibility index (Phi) is 6.80. The van der Waals surface area contributed by atoms with E-state index in [2.05, 4.69) is 35.1 Å². The van der Waals surface area contributed by atoms with Gasteiger partial charge in [0, 0.05) is 34.2 Å². The lowest BCUT2D eigenvalue weighted by atomic mass is 9.96. The van der Waals surface area contributed by atoms with Crippen molar-refractivity contribution in [2.75, 3.05) is 6.54 Å². The molecule has 6 heteroatoms. The molecule has 3 atom stereocenters. The molecule has 0 aliphatic carbocycles. The van der Waals surface area contributed by atoms with Gasteiger partial charge in [0.05, 0.1) is 0 Å². The van der Waals surface area contributed by atoms with Gasteiger partial charge in [0.2, 0.25) is 0 Å². The molecule has 1 aromatic carbocycles. The lowest BCUT2D eigenvalue weighted by molar-refractivity contribution is 0.00643. The summed E-state index contributed by atoms with van der Waals surface area (Å²) in [6.45, 7) is 10.6. The number of carbonyl (C=O) groups excluding carboxylic acids is 1. The van der Waals surface area contributed by atoms with Gasteiger partial charge < -0.3 is 15.0 Å². The van der Waals surface area contributed by atoms with Gasteiger partial charge in [-0.15, -0.1) is 0 Å². The molecule has 0 bridgehead atoms. The largest absolute Gasteiger partial charge is 0.444 e. The van der Waals surface area contributed by atoms with Gasteiger partial charge in [-0.3, -0.25) is 0 Å². The van der Waals surface area contributed by atoms with Crippen molar-refractivity contribution in [1.29, 1.82) is 0 Å². The van der Waals surface area contributed by atoms with Gasteiger partial charge in [0.1, 0.15) is 5.60 Å². The van der Waals surface area contributed by atoms with E-state index in [0.29, 0.717) is 0 Å². The summed E-state index contributed by atoms with van der Waals surface area (Å²) >= 11 is 9.81. The van der Waals surface area contributed by atoms with E-state index < -0.39 is 5.60 Å². The van der Waals surface area contributed by atoms with Crippen molar-refractivity contribution in [3.63, 3.8) is 0 Å². The fourth-order valence-corrected chi connectivity index (χ4v) is 4.04. The zero-order valence-corrected chi connectivity index (χ0v) is 17.9. The third kappa shape index (κ3) is 5.60. The van der Waals surface area contributed by atoms with Crippen LogP contribution in [0.5, 0.6) is 0 Å². The highest BCUT2D eigenvalue weighted by Crippen LogP contribution is 2.28. The fourth-order valence-electron chi connectivity index (χ4n) is 3.21. The maximum absolute atomic E-state index is 12.5. The Morgan fingerprint density at radius 2 is 2.12 bits per heavy atom. The first-order chi connectivity index (χ1) is 11.6. The van der Waals surface area contributed by atoms with Gasteiger partial charge in [-0.25, -0.2) is 4.79 Å². The first-order valence-electron chi connectivity index (χ1n) is 8.79. The van der Waals surface area contributed by atoms with Crippen LogP contribution in [0.3, 0.4) is 0 Å². The van der Waals surface area contributed by atoms with Crippen molar-refractivity contribution in [3.05, 3.63) is 33.3 Å². The number of rotatable bonds is 3. The highest BCUT2D eigenvalue weighted by Gasteiger charge is 2.34. The monoisotopic (exact) mass is 430 g/mol. The van der Waals surface area contributed by atoms with Crippen molar-refractivity contribution in [2.45, 2.75) is 71.2 Å². The molecule has 1 aliphatic heterocycles. The number of piperidine rings is 1. The topological polar surface area (TPSA) is 41.6 Å². The lowest BCUT2D eigenvalue weighted by Gasteiger charge is -2.41. The Labute approximate surface area is 164 Å². The maximum Gasteiger partial charge on any atom is 0.410 e. The minimum Gasteiger partial charge on any atom is -0.444 e. The average Bonchev–Trinajstić information content (AvgIpc) is 2.47. The van der Waals surface area contributed by atoms with Crippen molar-refractivity contribution in [1.82, 2.24) is 10.2 Å². The Bertz CT molecular complexity index is 618. The molecule has 0 radical (unpaired) electrons. The molecule has 1 saturated heterocycles. The summed E-state index contributed by atoms with van der Waals surface area (Å²) in [5, 5.41) is 4.38. The van der Waals surface area contributed by atoms with Crippen LogP contribution < -0.4 is 5.32 Å². The quantitative estimate of drug-likeness (QED) is 0.683. The molecular formula is C19H28BrClN2O2. The van der Waals surface area contributed by atoms with E-state index in [1.54, 1.807) is 0 Å². The van der Waals surface area contributed by atoms with Crippen LogP contribution in [0.4, 0.5) is 4.79 Å². The number of ether oxygens (including phenoxy) is 1. The number of nitrogens with one attached hydrogen (secondary N) is 1. The summed E-state index contributed by atoms with van der Waals surface area (Å²) in [7, 11) is 0. The van der Waals surface area contributed by atoms with Crippen molar-refractivity contribution in [2.24, 2.45) is 0 Å². The van der Waals surface area contributed by atoms with Crippen LogP contribution in [0.25, 0.3) is 0 Å². The minimum atomic E-state index is -0.477. The molecule has 1 fully saturated rings.